The summed E-state index contributed by atoms with van der Waals surface area (Å²) < 4.78 is 15.4. The third-order valence-electron chi connectivity index (χ3n) is 3.11. The van der Waals surface area contributed by atoms with Gasteiger partial charge in [-0.1, -0.05) is 6.08 Å². The van der Waals surface area contributed by atoms with E-state index in [0.29, 0.717) is 31.4 Å². The predicted octanol–water partition coefficient (Wildman–Crippen LogP) is 1.50. The second-order valence-corrected chi connectivity index (χ2v) is 4.52. The minimum absolute atomic E-state index is 0.339. The number of ether oxygens (including phenoxy) is 3. The number of carbonyl (C=O) groups is 1. The maximum absolute atomic E-state index is 11.5. The minimum atomic E-state index is -0.412. The molecule has 1 saturated carbocycles. The van der Waals surface area contributed by atoms with Gasteiger partial charge in [-0.3, -0.25) is 4.99 Å². The van der Waals surface area contributed by atoms with Gasteiger partial charge in [-0.15, -0.1) is 0 Å². The van der Waals surface area contributed by atoms with Gasteiger partial charge in [0.2, 0.25) is 0 Å². The van der Waals surface area contributed by atoms with E-state index in [1.807, 2.05) is 6.08 Å². The molecule has 1 fully saturated rings. The van der Waals surface area contributed by atoms with E-state index < -0.39 is 5.97 Å². The highest BCUT2D eigenvalue weighted by Crippen LogP contribution is 2.39. The Hall–Kier alpha value is -1.62. The Bertz CT molecular complexity index is 433. The largest absolute Gasteiger partial charge is 0.493 e. The number of methoxy groups -OCH3 is 2. The van der Waals surface area contributed by atoms with E-state index in [4.69, 9.17) is 14.2 Å². The van der Waals surface area contributed by atoms with Crippen molar-refractivity contribution in [3.8, 4) is 0 Å². The van der Waals surface area contributed by atoms with Gasteiger partial charge >= 0.3 is 5.97 Å². The lowest BCUT2D eigenvalue weighted by molar-refractivity contribution is -0.132. The van der Waals surface area contributed by atoms with Crippen LogP contribution in [0.25, 0.3) is 0 Å². The molecule has 0 saturated heterocycles. The van der Waals surface area contributed by atoms with Crippen LogP contribution in [0.15, 0.2) is 28.5 Å². The molecular weight excluding hydrogens is 246 g/mol. The summed E-state index contributed by atoms with van der Waals surface area (Å²) in [7, 11) is 2.99. The summed E-state index contributed by atoms with van der Waals surface area (Å²) >= 11 is 0. The summed E-state index contributed by atoms with van der Waals surface area (Å²) in [6, 6.07) is 0. The summed E-state index contributed by atoms with van der Waals surface area (Å²) in [5.41, 5.74) is 1.49. The van der Waals surface area contributed by atoms with Crippen molar-refractivity contribution in [1.29, 1.82) is 0 Å². The Morgan fingerprint density at radius 3 is 2.74 bits per heavy atom. The molecule has 1 aliphatic heterocycles. The van der Waals surface area contributed by atoms with Crippen molar-refractivity contribution in [1.82, 2.24) is 0 Å². The Morgan fingerprint density at radius 2 is 2.11 bits per heavy atom. The van der Waals surface area contributed by atoms with Crippen LogP contribution >= 0.6 is 0 Å². The molecule has 19 heavy (non-hydrogen) atoms. The third-order valence-corrected chi connectivity index (χ3v) is 3.11. The average Bonchev–Trinajstić information content (AvgIpc) is 3.24. The number of esters is 1. The smallest absolute Gasteiger partial charge is 0.356 e. The van der Waals surface area contributed by atoms with Crippen molar-refractivity contribution in [2.24, 2.45) is 10.9 Å². The fraction of sp³-hybridized carbons (Fsp3) is 0.571. The van der Waals surface area contributed by atoms with Crippen molar-refractivity contribution in [3.63, 3.8) is 0 Å². The molecule has 2 aliphatic rings. The van der Waals surface area contributed by atoms with Crippen LogP contribution in [0.4, 0.5) is 0 Å². The number of allylic oxidation sites excluding steroid dienone is 2. The van der Waals surface area contributed by atoms with Crippen molar-refractivity contribution in [2.75, 3.05) is 34.0 Å². The number of rotatable bonds is 6. The van der Waals surface area contributed by atoms with Crippen LogP contribution in [0, 0.1) is 5.92 Å². The molecule has 0 amide bonds. The van der Waals surface area contributed by atoms with Crippen LogP contribution in [0.2, 0.25) is 0 Å². The minimum Gasteiger partial charge on any atom is -0.493 e. The van der Waals surface area contributed by atoms with E-state index in [2.05, 4.69) is 4.99 Å². The fourth-order valence-electron chi connectivity index (χ4n) is 1.94. The molecule has 0 aromatic rings. The van der Waals surface area contributed by atoms with E-state index in [-0.39, 0.29) is 0 Å². The SMILES string of the molecule is COCCOC1=C(C2CC2)C=CC(C(=O)OC)=NC1. The van der Waals surface area contributed by atoms with Crippen LogP contribution in [0.3, 0.4) is 0 Å². The first-order valence-electron chi connectivity index (χ1n) is 6.42. The predicted molar refractivity (Wildman–Crippen MR) is 71.0 cm³/mol. The number of aliphatic imine (C=N–C) groups is 1. The monoisotopic (exact) mass is 265 g/mol. The molecule has 1 heterocycles. The molecular formula is C14H19NO4. The Balaban J connectivity index is 2.10. The second-order valence-electron chi connectivity index (χ2n) is 4.52. The molecule has 0 aromatic carbocycles. The zero-order valence-corrected chi connectivity index (χ0v) is 11.3. The highest BCUT2D eigenvalue weighted by molar-refractivity contribution is 6.41. The highest BCUT2D eigenvalue weighted by atomic mass is 16.5. The molecule has 0 aromatic heterocycles. The lowest BCUT2D eigenvalue weighted by Crippen LogP contribution is -2.13. The van der Waals surface area contributed by atoms with Crippen LogP contribution in [0.1, 0.15) is 12.8 Å². The zero-order valence-electron chi connectivity index (χ0n) is 11.3. The quantitative estimate of drug-likeness (QED) is 0.539. The van der Waals surface area contributed by atoms with Crippen molar-refractivity contribution < 1.29 is 19.0 Å². The van der Waals surface area contributed by atoms with E-state index in [1.54, 1.807) is 13.2 Å². The normalized spacial score (nSPS) is 18.9. The topological polar surface area (TPSA) is 57.1 Å². The molecule has 5 nitrogen and oxygen atoms in total. The molecule has 1 aliphatic carbocycles. The standard InChI is InChI=1S/C14H19NO4/c1-17-7-8-19-13-9-15-12(14(16)18-2)6-5-11(13)10-3-4-10/h5-6,10H,3-4,7-9H2,1-2H3. The lowest BCUT2D eigenvalue weighted by atomic mass is 10.1. The number of nitrogens with zero attached hydrogens (tertiary/aromatic N) is 1. The van der Waals surface area contributed by atoms with Gasteiger partial charge in [-0.25, -0.2) is 4.79 Å². The molecule has 0 N–H and O–H groups in total. The van der Waals surface area contributed by atoms with E-state index in [0.717, 1.165) is 11.3 Å². The van der Waals surface area contributed by atoms with Crippen molar-refractivity contribution in [3.05, 3.63) is 23.5 Å². The second kappa shape index (κ2) is 6.52. The van der Waals surface area contributed by atoms with Gasteiger partial charge < -0.3 is 14.2 Å². The molecule has 0 spiro atoms. The van der Waals surface area contributed by atoms with Crippen molar-refractivity contribution in [2.45, 2.75) is 12.8 Å². The van der Waals surface area contributed by atoms with Crippen LogP contribution in [0.5, 0.6) is 0 Å². The zero-order chi connectivity index (χ0) is 13.7. The summed E-state index contributed by atoms with van der Waals surface area (Å²) in [6.45, 7) is 1.42. The Morgan fingerprint density at radius 1 is 1.32 bits per heavy atom. The highest BCUT2D eigenvalue weighted by Gasteiger charge is 2.29. The van der Waals surface area contributed by atoms with Gasteiger partial charge in [0.15, 0.2) is 0 Å². The number of carbonyl (C=O) groups excluding carboxylic acids is 1. The summed E-state index contributed by atoms with van der Waals surface area (Å²) in [5, 5.41) is 0. The van der Waals surface area contributed by atoms with Gasteiger partial charge in [0.25, 0.3) is 0 Å². The van der Waals surface area contributed by atoms with Gasteiger partial charge in [-0.05, 0) is 30.4 Å². The van der Waals surface area contributed by atoms with Gasteiger partial charge in [-0.2, -0.15) is 0 Å². The van der Waals surface area contributed by atoms with Crippen LogP contribution in [-0.4, -0.2) is 45.7 Å². The molecule has 0 unspecified atom stereocenters. The first-order valence-corrected chi connectivity index (χ1v) is 6.42. The van der Waals surface area contributed by atoms with E-state index >= 15 is 0 Å². The molecule has 0 atom stereocenters. The first kappa shape index (κ1) is 13.8. The van der Waals surface area contributed by atoms with Gasteiger partial charge in [0.05, 0.1) is 20.3 Å². The van der Waals surface area contributed by atoms with Gasteiger partial charge in [0, 0.05) is 7.11 Å². The molecule has 0 bridgehead atoms. The molecule has 0 radical (unpaired) electrons. The van der Waals surface area contributed by atoms with Crippen molar-refractivity contribution >= 4 is 11.7 Å². The fourth-order valence-corrected chi connectivity index (χ4v) is 1.94. The van der Waals surface area contributed by atoms with E-state index in [1.165, 1.54) is 20.0 Å². The van der Waals surface area contributed by atoms with Gasteiger partial charge in [0.1, 0.15) is 18.1 Å². The maximum atomic E-state index is 11.5. The molecule has 2 rings (SSSR count). The third kappa shape index (κ3) is 3.67. The lowest BCUT2D eigenvalue weighted by Gasteiger charge is -2.11. The summed E-state index contributed by atoms with van der Waals surface area (Å²) in [6.07, 6.45) is 5.99. The Kier molecular flexibility index (Phi) is 4.74. The number of hydrogen-bond donors (Lipinski definition) is 0. The van der Waals surface area contributed by atoms with Crippen LogP contribution in [-0.2, 0) is 19.0 Å². The molecule has 104 valence electrons. The van der Waals surface area contributed by atoms with E-state index in [9.17, 15) is 4.79 Å². The van der Waals surface area contributed by atoms with Crippen LogP contribution < -0.4 is 0 Å². The maximum Gasteiger partial charge on any atom is 0.356 e. The summed E-state index contributed by atoms with van der Waals surface area (Å²) in [4.78, 5) is 15.7. The first-order chi connectivity index (χ1) is 9.26. The summed E-state index contributed by atoms with van der Waals surface area (Å²) in [5.74, 6) is 0.972. The number of hydrogen-bond acceptors (Lipinski definition) is 5. The average molecular weight is 265 g/mol. The molecule has 5 heteroatoms. The Labute approximate surface area is 112 Å².